The van der Waals surface area contributed by atoms with Crippen molar-refractivity contribution in [1.82, 2.24) is 9.29 Å². The average Bonchev–Trinajstić information content (AvgIpc) is 3.05. The highest BCUT2D eigenvalue weighted by Gasteiger charge is 2.21. The van der Waals surface area contributed by atoms with Crippen molar-refractivity contribution in [2.24, 2.45) is 0 Å². The molecule has 0 saturated carbocycles. The van der Waals surface area contributed by atoms with Gasteiger partial charge in [0.2, 0.25) is 10.0 Å². The number of oxazole rings is 1. The third-order valence-corrected chi connectivity index (χ3v) is 6.03. The Bertz CT molecular complexity index is 857. The number of rotatable bonds is 6. The van der Waals surface area contributed by atoms with Gasteiger partial charge in [0.05, 0.1) is 42.2 Å². The fourth-order valence-electron chi connectivity index (χ4n) is 2.78. The van der Waals surface area contributed by atoms with Gasteiger partial charge in [-0.2, -0.15) is 0 Å². The zero-order valence-electron chi connectivity index (χ0n) is 15.2. The second-order valence-corrected chi connectivity index (χ2v) is 8.42. The normalized spacial score (nSPS) is 15.5. The van der Waals surface area contributed by atoms with E-state index in [4.69, 9.17) is 9.15 Å². The molecule has 0 amide bonds. The monoisotopic (exact) mass is 380 g/mol. The molecule has 1 saturated heterocycles. The number of aromatic nitrogens is 1. The molecule has 0 bridgehead atoms. The minimum atomic E-state index is -3.51. The average molecular weight is 380 g/mol. The molecule has 2 heterocycles. The van der Waals surface area contributed by atoms with Crippen LogP contribution in [0.3, 0.4) is 0 Å². The summed E-state index contributed by atoms with van der Waals surface area (Å²) >= 11 is 0. The first kappa shape index (κ1) is 18.7. The summed E-state index contributed by atoms with van der Waals surface area (Å²) in [5, 5.41) is 3.29. The minimum Gasteiger partial charge on any atom is -0.444 e. The van der Waals surface area contributed by atoms with Crippen LogP contribution in [-0.2, 0) is 21.3 Å². The Kier molecular flexibility index (Phi) is 5.49. The van der Waals surface area contributed by atoms with Crippen molar-refractivity contribution in [3.8, 4) is 0 Å². The van der Waals surface area contributed by atoms with E-state index in [1.807, 2.05) is 6.07 Å². The number of sulfonamides is 1. The number of hydrogen-bond acceptors (Lipinski definition) is 7. The highest BCUT2D eigenvalue weighted by molar-refractivity contribution is 7.89. The van der Waals surface area contributed by atoms with Gasteiger partial charge >= 0.3 is 0 Å². The van der Waals surface area contributed by atoms with Gasteiger partial charge in [-0.1, -0.05) is 0 Å². The number of nitrogens with zero attached hydrogens (tertiary/aromatic N) is 3. The lowest BCUT2D eigenvalue weighted by Gasteiger charge is -2.31. The molecule has 0 aliphatic carbocycles. The van der Waals surface area contributed by atoms with E-state index in [9.17, 15) is 8.42 Å². The molecule has 0 radical (unpaired) electrons. The predicted octanol–water partition coefficient (Wildman–Crippen LogP) is 1.68. The molecular weight excluding hydrogens is 356 g/mol. The van der Waals surface area contributed by atoms with E-state index in [1.54, 1.807) is 25.3 Å². The van der Waals surface area contributed by atoms with Crippen LogP contribution in [0.2, 0.25) is 0 Å². The molecule has 0 atom stereocenters. The summed E-state index contributed by atoms with van der Waals surface area (Å²) in [5.74, 6) is 1.29. The lowest BCUT2D eigenvalue weighted by Crippen LogP contribution is -2.36. The van der Waals surface area contributed by atoms with E-state index in [2.05, 4.69) is 15.2 Å². The number of benzene rings is 1. The summed E-state index contributed by atoms with van der Waals surface area (Å²) in [4.78, 5) is 6.52. The van der Waals surface area contributed by atoms with Gasteiger partial charge in [-0.25, -0.2) is 17.7 Å². The highest BCUT2D eigenvalue weighted by Crippen LogP contribution is 2.31. The highest BCUT2D eigenvalue weighted by atomic mass is 32.2. The second-order valence-electron chi connectivity index (χ2n) is 6.26. The molecule has 1 fully saturated rings. The van der Waals surface area contributed by atoms with Crippen molar-refractivity contribution >= 4 is 21.4 Å². The Morgan fingerprint density at radius 1 is 1.27 bits per heavy atom. The number of ether oxygens (including phenoxy) is 1. The molecule has 0 unspecified atom stereocenters. The maximum Gasteiger partial charge on any atom is 0.242 e. The topological polar surface area (TPSA) is 87.9 Å². The van der Waals surface area contributed by atoms with Crippen LogP contribution in [-0.4, -0.2) is 58.1 Å². The lowest BCUT2D eigenvalue weighted by atomic mass is 10.2. The van der Waals surface area contributed by atoms with Crippen LogP contribution < -0.4 is 10.2 Å². The van der Waals surface area contributed by atoms with Gasteiger partial charge in [-0.3, -0.25) is 0 Å². The molecule has 142 valence electrons. The van der Waals surface area contributed by atoms with Crippen LogP contribution in [0.15, 0.2) is 33.7 Å². The van der Waals surface area contributed by atoms with Gasteiger partial charge in [0, 0.05) is 34.1 Å². The van der Waals surface area contributed by atoms with Crippen molar-refractivity contribution in [3.63, 3.8) is 0 Å². The molecule has 9 heteroatoms. The lowest BCUT2D eigenvalue weighted by molar-refractivity contribution is 0.123. The molecular formula is C17H24N4O4S. The fraction of sp³-hybridized carbons (Fsp3) is 0.471. The van der Waals surface area contributed by atoms with Gasteiger partial charge in [0.25, 0.3) is 0 Å². The van der Waals surface area contributed by atoms with Crippen molar-refractivity contribution in [3.05, 3.63) is 36.0 Å². The summed E-state index contributed by atoms with van der Waals surface area (Å²) in [6, 6.07) is 5.16. The van der Waals surface area contributed by atoms with E-state index in [1.165, 1.54) is 18.4 Å². The van der Waals surface area contributed by atoms with Crippen molar-refractivity contribution in [1.29, 1.82) is 0 Å². The third kappa shape index (κ3) is 4.00. The fourth-order valence-corrected chi connectivity index (χ4v) is 3.71. The summed E-state index contributed by atoms with van der Waals surface area (Å²) < 4.78 is 37.1. The Labute approximate surface area is 153 Å². The van der Waals surface area contributed by atoms with Gasteiger partial charge in [0.1, 0.15) is 5.76 Å². The van der Waals surface area contributed by atoms with E-state index in [-0.39, 0.29) is 4.90 Å². The van der Waals surface area contributed by atoms with Gasteiger partial charge < -0.3 is 19.4 Å². The Morgan fingerprint density at radius 3 is 2.62 bits per heavy atom. The molecule has 1 aliphatic heterocycles. The van der Waals surface area contributed by atoms with Crippen LogP contribution in [0.25, 0.3) is 0 Å². The number of aryl methyl sites for hydroxylation is 1. The minimum absolute atomic E-state index is 0.246. The maximum absolute atomic E-state index is 12.5. The Balaban J connectivity index is 1.92. The summed E-state index contributed by atoms with van der Waals surface area (Å²) in [5.41, 5.74) is 1.69. The molecule has 1 aromatic carbocycles. The van der Waals surface area contributed by atoms with Crippen LogP contribution in [0.5, 0.6) is 0 Å². The molecule has 1 aromatic heterocycles. The first-order valence-electron chi connectivity index (χ1n) is 8.42. The molecule has 1 aliphatic rings. The van der Waals surface area contributed by atoms with Gasteiger partial charge in [-0.05, 0) is 18.2 Å². The summed E-state index contributed by atoms with van der Waals surface area (Å²) in [7, 11) is -0.465. The summed E-state index contributed by atoms with van der Waals surface area (Å²) in [6.45, 7) is 5.03. The number of hydrogen-bond donors (Lipinski definition) is 1. The third-order valence-electron chi connectivity index (χ3n) is 4.22. The van der Waals surface area contributed by atoms with E-state index < -0.39 is 10.0 Å². The quantitative estimate of drug-likeness (QED) is 0.816. The van der Waals surface area contributed by atoms with E-state index >= 15 is 0 Å². The molecule has 26 heavy (non-hydrogen) atoms. The smallest absolute Gasteiger partial charge is 0.242 e. The molecule has 3 rings (SSSR count). The maximum atomic E-state index is 12.5. The largest absolute Gasteiger partial charge is 0.444 e. The standard InChI is InChI=1S/C17H24N4O4S/c1-13-18-11-14(25-13)12-19-16-10-15(26(22,23)20(2)3)4-5-17(16)21-6-8-24-9-7-21/h4-5,10-11,19H,6-9,12H2,1-3H3. The second kappa shape index (κ2) is 7.65. The zero-order chi connectivity index (χ0) is 18.7. The van der Waals surface area contributed by atoms with Crippen LogP contribution >= 0.6 is 0 Å². The SMILES string of the molecule is Cc1ncc(CNc2cc(S(=O)(=O)N(C)C)ccc2N2CCOCC2)o1. The van der Waals surface area contributed by atoms with Gasteiger partial charge in [0.15, 0.2) is 5.89 Å². The predicted molar refractivity (Wildman–Crippen MR) is 98.9 cm³/mol. The van der Waals surface area contributed by atoms with Crippen LogP contribution in [0.4, 0.5) is 11.4 Å². The number of anilines is 2. The zero-order valence-corrected chi connectivity index (χ0v) is 16.0. The molecule has 8 nitrogen and oxygen atoms in total. The van der Waals surface area contributed by atoms with Crippen molar-refractivity contribution in [2.75, 3.05) is 50.6 Å². The van der Waals surface area contributed by atoms with Crippen LogP contribution in [0, 0.1) is 6.92 Å². The Morgan fingerprint density at radius 2 is 2.00 bits per heavy atom. The van der Waals surface area contributed by atoms with E-state index in [0.717, 1.165) is 24.5 Å². The van der Waals surface area contributed by atoms with Crippen molar-refractivity contribution in [2.45, 2.75) is 18.4 Å². The Hall–Kier alpha value is -2.10. The molecule has 1 N–H and O–H groups in total. The number of morpholine rings is 1. The van der Waals surface area contributed by atoms with Crippen molar-refractivity contribution < 1.29 is 17.6 Å². The first-order valence-corrected chi connectivity index (χ1v) is 9.86. The number of nitrogens with one attached hydrogen (secondary N) is 1. The molecule has 2 aromatic rings. The molecule has 0 spiro atoms. The van der Waals surface area contributed by atoms with Gasteiger partial charge in [-0.15, -0.1) is 0 Å². The van der Waals surface area contributed by atoms with Crippen LogP contribution in [0.1, 0.15) is 11.7 Å². The first-order chi connectivity index (χ1) is 12.4. The van der Waals surface area contributed by atoms with E-state index in [0.29, 0.717) is 31.4 Å². The summed E-state index contributed by atoms with van der Waals surface area (Å²) in [6.07, 6.45) is 1.66.